The molecule has 0 saturated carbocycles. The summed E-state index contributed by atoms with van der Waals surface area (Å²) < 4.78 is 0. The Kier molecular flexibility index (Phi) is 4.08. The first-order valence-electron chi connectivity index (χ1n) is 6.81. The lowest BCUT2D eigenvalue weighted by atomic mass is 9.95. The Labute approximate surface area is 127 Å². The van der Waals surface area contributed by atoms with Crippen molar-refractivity contribution in [3.63, 3.8) is 0 Å². The predicted molar refractivity (Wildman–Crippen MR) is 83.6 cm³/mol. The highest BCUT2D eigenvalue weighted by atomic mass is 16.2. The number of aryl methyl sites for hydroxylation is 1. The smallest absolute Gasteiger partial charge is 0.305 e. The van der Waals surface area contributed by atoms with Crippen molar-refractivity contribution in [3.8, 4) is 6.07 Å². The first kappa shape index (κ1) is 15.4. The first-order valence-corrected chi connectivity index (χ1v) is 6.81. The molecule has 0 bridgehead atoms. The van der Waals surface area contributed by atoms with Gasteiger partial charge in [-0.2, -0.15) is 5.26 Å². The van der Waals surface area contributed by atoms with Crippen molar-refractivity contribution in [2.24, 2.45) is 0 Å². The zero-order valence-corrected chi connectivity index (χ0v) is 12.6. The Morgan fingerprint density at radius 3 is 2.50 bits per heavy atom. The number of nitrogens with one attached hydrogen (secondary N) is 3. The van der Waals surface area contributed by atoms with Gasteiger partial charge in [0.15, 0.2) is 0 Å². The molecule has 0 atom stereocenters. The fourth-order valence-corrected chi connectivity index (χ4v) is 2.38. The Morgan fingerprint density at radius 1 is 1.23 bits per heavy atom. The van der Waals surface area contributed by atoms with Gasteiger partial charge in [0.05, 0.1) is 23.0 Å². The van der Waals surface area contributed by atoms with Crippen molar-refractivity contribution < 1.29 is 0 Å². The summed E-state index contributed by atoms with van der Waals surface area (Å²) in [6, 6.07) is 7.06. The Bertz CT molecular complexity index is 898. The molecule has 0 saturated heterocycles. The van der Waals surface area contributed by atoms with Crippen LogP contribution in [0, 0.1) is 23.7 Å². The van der Waals surface area contributed by atoms with E-state index in [1.807, 2.05) is 26.8 Å². The minimum absolute atomic E-state index is 0.0205. The number of aromatic nitrogens is 2. The molecule has 22 heavy (non-hydrogen) atoms. The maximum absolute atomic E-state index is 12.0. The van der Waals surface area contributed by atoms with E-state index in [0.29, 0.717) is 16.7 Å². The molecule has 6 nitrogen and oxygen atoms in total. The molecule has 0 spiro atoms. The average Bonchev–Trinajstić information content (AvgIpc) is 2.44. The standard InChI is InChI=1S/C16H16N4O2/c1-8(2)12-14(19-16(22)20-15(12)21)13(18)11-5-9(3)4-10(6-11)7-17/h4-6,8,18H,1-3H3,(H2,19,20,21,22). The number of rotatable bonds is 3. The van der Waals surface area contributed by atoms with E-state index in [1.54, 1.807) is 18.2 Å². The Balaban J connectivity index is 2.70. The zero-order valence-electron chi connectivity index (χ0n) is 12.6. The van der Waals surface area contributed by atoms with Gasteiger partial charge in [-0.3, -0.25) is 15.2 Å². The van der Waals surface area contributed by atoms with Crippen LogP contribution in [0.1, 0.15) is 47.7 Å². The number of nitriles is 1. The third-order valence-electron chi connectivity index (χ3n) is 3.30. The molecular weight excluding hydrogens is 280 g/mol. The van der Waals surface area contributed by atoms with Gasteiger partial charge in [-0.1, -0.05) is 13.8 Å². The summed E-state index contributed by atoms with van der Waals surface area (Å²) in [5, 5.41) is 17.4. The van der Waals surface area contributed by atoms with E-state index in [0.717, 1.165) is 5.56 Å². The minimum Gasteiger partial charge on any atom is -0.305 e. The third-order valence-corrected chi connectivity index (χ3v) is 3.30. The first-order chi connectivity index (χ1) is 10.3. The molecule has 0 aliphatic carbocycles. The molecule has 1 heterocycles. The van der Waals surface area contributed by atoms with Crippen LogP contribution >= 0.6 is 0 Å². The second-order valence-electron chi connectivity index (χ2n) is 5.43. The van der Waals surface area contributed by atoms with Crippen LogP contribution in [0.2, 0.25) is 0 Å². The van der Waals surface area contributed by atoms with Crippen LogP contribution in [0.25, 0.3) is 0 Å². The van der Waals surface area contributed by atoms with Gasteiger partial charge in [0.1, 0.15) is 0 Å². The van der Waals surface area contributed by atoms with Crippen LogP contribution in [0.4, 0.5) is 0 Å². The van der Waals surface area contributed by atoms with Gasteiger partial charge >= 0.3 is 5.69 Å². The molecule has 2 aromatic rings. The second-order valence-corrected chi connectivity index (χ2v) is 5.43. The lowest BCUT2D eigenvalue weighted by Crippen LogP contribution is -2.30. The molecule has 112 valence electrons. The van der Waals surface area contributed by atoms with E-state index in [-0.39, 0.29) is 17.3 Å². The zero-order chi connectivity index (χ0) is 16.4. The summed E-state index contributed by atoms with van der Waals surface area (Å²) in [6.45, 7) is 5.45. The number of hydrogen-bond donors (Lipinski definition) is 3. The topological polar surface area (TPSA) is 113 Å². The highest BCUT2D eigenvalue weighted by molar-refractivity contribution is 6.10. The van der Waals surface area contributed by atoms with E-state index in [1.165, 1.54) is 0 Å². The van der Waals surface area contributed by atoms with E-state index in [2.05, 4.69) is 9.97 Å². The van der Waals surface area contributed by atoms with Crippen molar-refractivity contribution in [3.05, 3.63) is 67.0 Å². The summed E-state index contributed by atoms with van der Waals surface area (Å²) in [5.41, 5.74) is 1.17. The van der Waals surface area contributed by atoms with Crippen molar-refractivity contribution >= 4 is 5.71 Å². The summed E-state index contributed by atoms with van der Waals surface area (Å²) in [7, 11) is 0. The summed E-state index contributed by atoms with van der Waals surface area (Å²) >= 11 is 0. The van der Waals surface area contributed by atoms with Crippen molar-refractivity contribution in [2.45, 2.75) is 26.7 Å². The highest BCUT2D eigenvalue weighted by Gasteiger charge is 2.18. The van der Waals surface area contributed by atoms with Gasteiger partial charge in [0.25, 0.3) is 5.56 Å². The van der Waals surface area contributed by atoms with Gasteiger partial charge < -0.3 is 4.98 Å². The van der Waals surface area contributed by atoms with Crippen LogP contribution in [-0.2, 0) is 0 Å². The van der Waals surface area contributed by atoms with E-state index < -0.39 is 11.2 Å². The predicted octanol–water partition coefficient (Wildman–Crippen LogP) is 1.78. The maximum Gasteiger partial charge on any atom is 0.326 e. The molecular formula is C16H16N4O2. The Morgan fingerprint density at radius 2 is 1.91 bits per heavy atom. The van der Waals surface area contributed by atoms with Crippen LogP contribution in [0.5, 0.6) is 0 Å². The quantitative estimate of drug-likeness (QED) is 0.750. The second kappa shape index (κ2) is 5.82. The van der Waals surface area contributed by atoms with Gasteiger partial charge in [0.2, 0.25) is 0 Å². The summed E-state index contributed by atoms with van der Waals surface area (Å²) in [6.07, 6.45) is 0. The van der Waals surface area contributed by atoms with Crippen LogP contribution in [-0.4, -0.2) is 15.7 Å². The normalized spacial score (nSPS) is 10.5. The van der Waals surface area contributed by atoms with Gasteiger partial charge in [-0.25, -0.2) is 4.79 Å². The average molecular weight is 296 g/mol. The summed E-state index contributed by atoms with van der Waals surface area (Å²) in [4.78, 5) is 28.3. The molecule has 3 N–H and O–H groups in total. The fraction of sp³-hybridized carbons (Fsp3) is 0.250. The number of aromatic amines is 2. The number of hydrogen-bond acceptors (Lipinski definition) is 4. The van der Waals surface area contributed by atoms with E-state index >= 15 is 0 Å². The molecule has 2 rings (SSSR count). The molecule has 0 aliphatic heterocycles. The highest BCUT2D eigenvalue weighted by Crippen LogP contribution is 2.18. The SMILES string of the molecule is Cc1cc(C#N)cc(C(=N)c2[nH]c(=O)[nH]c(=O)c2C(C)C)c1. The van der Waals surface area contributed by atoms with Gasteiger partial charge in [-0.15, -0.1) is 0 Å². The molecule has 0 unspecified atom stereocenters. The molecule has 1 aromatic heterocycles. The molecule has 0 radical (unpaired) electrons. The fourth-order valence-electron chi connectivity index (χ4n) is 2.38. The largest absolute Gasteiger partial charge is 0.326 e. The number of benzene rings is 1. The lowest BCUT2D eigenvalue weighted by molar-refractivity contribution is 0.815. The molecule has 0 aliphatic rings. The van der Waals surface area contributed by atoms with Crippen molar-refractivity contribution in [1.82, 2.24) is 9.97 Å². The Hall–Kier alpha value is -2.94. The van der Waals surface area contributed by atoms with E-state index in [9.17, 15) is 9.59 Å². The number of H-pyrrole nitrogens is 2. The van der Waals surface area contributed by atoms with E-state index in [4.69, 9.17) is 10.7 Å². The lowest BCUT2D eigenvalue weighted by Gasteiger charge is -2.12. The molecule has 0 amide bonds. The number of nitrogens with zero attached hydrogens (tertiary/aromatic N) is 1. The van der Waals surface area contributed by atoms with Gasteiger partial charge in [0, 0.05) is 11.1 Å². The van der Waals surface area contributed by atoms with Crippen LogP contribution in [0.3, 0.4) is 0 Å². The maximum atomic E-state index is 12.0. The third kappa shape index (κ3) is 2.88. The molecule has 1 aromatic carbocycles. The molecule has 6 heteroatoms. The summed E-state index contributed by atoms with van der Waals surface area (Å²) in [5.74, 6) is -0.156. The van der Waals surface area contributed by atoms with Gasteiger partial charge in [-0.05, 0) is 36.6 Å². The van der Waals surface area contributed by atoms with Crippen molar-refractivity contribution in [1.29, 1.82) is 10.7 Å². The van der Waals surface area contributed by atoms with Crippen molar-refractivity contribution in [2.75, 3.05) is 0 Å². The van der Waals surface area contributed by atoms with Crippen LogP contribution in [0.15, 0.2) is 27.8 Å². The minimum atomic E-state index is -0.651. The van der Waals surface area contributed by atoms with Crippen LogP contribution < -0.4 is 11.2 Å². The molecule has 0 fully saturated rings. The monoisotopic (exact) mass is 296 g/mol.